The van der Waals surface area contributed by atoms with Crippen molar-refractivity contribution in [1.29, 1.82) is 0 Å². The Kier molecular flexibility index (Phi) is 9.44. The van der Waals surface area contributed by atoms with Crippen LogP contribution in [0, 0.1) is 6.92 Å². The standard InChI is InChI=1S/C29H28N4O6S/c1-22-9-13-24(14-10-22)31-29(35)21-39-25-15-11-23(12-16-25)18-30-32-28(34)20-33(19-26-6-5-17-38-26)40(36,37)27-7-3-2-4-8-27/h2-18H,19-21H2,1H3,(H,31,35)(H,32,34)/b30-18+. The third-order valence-electron chi connectivity index (χ3n) is 5.60. The third-order valence-corrected chi connectivity index (χ3v) is 7.41. The van der Waals surface area contributed by atoms with Crippen molar-refractivity contribution in [3.63, 3.8) is 0 Å². The molecule has 40 heavy (non-hydrogen) atoms. The van der Waals surface area contributed by atoms with E-state index in [1.165, 1.54) is 24.6 Å². The van der Waals surface area contributed by atoms with Gasteiger partial charge in [0.05, 0.1) is 30.5 Å². The molecule has 0 aliphatic heterocycles. The fourth-order valence-corrected chi connectivity index (χ4v) is 4.93. The van der Waals surface area contributed by atoms with Gasteiger partial charge in [-0.25, -0.2) is 13.8 Å². The molecule has 10 nitrogen and oxygen atoms in total. The molecular weight excluding hydrogens is 532 g/mol. The Morgan fingerprint density at radius 1 is 0.925 bits per heavy atom. The predicted molar refractivity (Wildman–Crippen MR) is 150 cm³/mol. The summed E-state index contributed by atoms with van der Waals surface area (Å²) in [4.78, 5) is 24.8. The van der Waals surface area contributed by atoms with Gasteiger partial charge in [-0.2, -0.15) is 9.41 Å². The number of benzene rings is 3. The van der Waals surface area contributed by atoms with E-state index in [0.29, 0.717) is 22.8 Å². The van der Waals surface area contributed by atoms with Crippen molar-refractivity contribution in [2.45, 2.75) is 18.4 Å². The fraction of sp³-hybridized carbons (Fsp3) is 0.138. The summed E-state index contributed by atoms with van der Waals surface area (Å²) in [7, 11) is -3.97. The highest BCUT2D eigenvalue weighted by molar-refractivity contribution is 7.89. The van der Waals surface area contributed by atoms with Crippen LogP contribution >= 0.6 is 0 Å². The summed E-state index contributed by atoms with van der Waals surface area (Å²) < 4.78 is 38.1. The topological polar surface area (TPSA) is 130 Å². The maximum atomic E-state index is 13.1. The lowest BCUT2D eigenvalue weighted by Gasteiger charge is -2.20. The second kappa shape index (κ2) is 13.4. The summed E-state index contributed by atoms with van der Waals surface area (Å²) in [6.45, 7) is 1.23. The zero-order valence-corrected chi connectivity index (χ0v) is 22.5. The van der Waals surface area contributed by atoms with Gasteiger partial charge in [-0.15, -0.1) is 0 Å². The number of sulfonamides is 1. The smallest absolute Gasteiger partial charge is 0.262 e. The molecule has 4 rings (SSSR count). The molecule has 2 N–H and O–H groups in total. The van der Waals surface area contributed by atoms with Crippen LogP contribution < -0.4 is 15.5 Å². The Hall–Kier alpha value is -4.74. The first kappa shape index (κ1) is 28.3. The number of nitrogens with one attached hydrogen (secondary N) is 2. The van der Waals surface area contributed by atoms with Crippen molar-refractivity contribution in [3.8, 4) is 5.75 Å². The van der Waals surface area contributed by atoms with E-state index in [2.05, 4.69) is 15.8 Å². The Morgan fingerprint density at radius 2 is 1.65 bits per heavy atom. The number of ether oxygens (including phenoxy) is 1. The van der Waals surface area contributed by atoms with Crippen molar-refractivity contribution < 1.29 is 27.2 Å². The second-order valence-electron chi connectivity index (χ2n) is 8.73. The van der Waals surface area contributed by atoms with Crippen molar-refractivity contribution in [3.05, 3.63) is 114 Å². The van der Waals surface area contributed by atoms with Crippen molar-refractivity contribution in [1.82, 2.24) is 9.73 Å². The highest BCUT2D eigenvalue weighted by atomic mass is 32.2. The van der Waals surface area contributed by atoms with Crippen LogP contribution in [0.15, 0.2) is 112 Å². The molecule has 206 valence electrons. The summed E-state index contributed by atoms with van der Waals surface area (Å²) in [6.07, 6.45) is 2.85. The number of furan rings is 1. The quantitative estimate of drug-likeness (QED) is 0.199. The number of hydrogen-bond acceptors (Lipinski definition) is 7. The molecule has 0 saturated carbocycles. The van der Waals surface area contributed by atoms with Crippen LogP contribution in [-0.2, 0) is 26.2 Å². The molecule has 2 amide bonds. The molecular formula is C29H28N4O6S. The summed E-state index contributed by atoms with van der Waals surface area (Å²) in [6, 6.07) is 25.3. The number of rotatable bonds is 12. The average Bonchev–Trinajstić information content (AvgIpc) is 3.47. The molecule has 0 atom stereocenters. The van der Waals surface area contributed by atoms with Crippen LogP contribution in [0.1, 0.15) is 16.9 Å². The average molecular weight is 561 g/mol. The van der Waals surface area contributed by atoms with E-state index < -0.39 is 22.5 Å². The highest BCUT2D eigenvalue weighted by Gasteiger charge is 2.27. The molecule has 0 spiro atoms. The number of carbonyl (C=O) groups excluding carboxylic acids is 2. The first-order valence-corrected chi connectivity index (χ1v) is 13.7. The largest absolute Gasteiger partial charge is 0.484 e. The van der Waals surface area contributed by atoms with Gasteiger partial charge in [0.1, 0.15) is 11.5 Å². The molecule has 1 heterocycles. The number of hydrogen-bond donors (Lipinski definition) is 2. The molecule has 4 aromatic rings. The van der Waals surface area contributed by atoms with Crippen LogP contribution in [0.4, 0.5) is 5.69 Å². The minimum absolute atomic E-state index is 0.0628. The van der Waals surface area contributed by atoms with E-state index in [-0.39, 0.29) is 24.0 Å². The van der Waals surface area contributed by atoms with E-state index in [1.807, 2.05) is 31.2 Å². The number of amides is 2. The lowest BCUT2D eigenvalue weighted by molar-refractivity contribution is -0.121. The summed E-state index contributed by atoms with van der Waals surface area (Å²) in [5.41, 5.74) is 4.80. The number of nitrogens with zero attached hydrogens (tertiary/aromatic N) is 2. The SMILES string of the molecule is Cc1ccc(NC(=O)COc2ccc(/C=N/NC(=O)CN(Cc3ccco3)S(=O)(=O)c3ccccc3)cc2)cc1. The van der Waals surface area contributed by atoms with Crippen LogP contribution in [-0.4, -0.2) is 43.9 Å². The van der Waals surface area contributed by atoms with Crippen LogP contribution in [0.2, 0.25) is 0 Å². The van der Waals surface area contributed by atoms with Gasteiger partial charge in [0, 0.05) is 5.69 Å². The monoisotopic (exact) mass is 560 g/mol. The zero-order chi connectivity index (χ0) is 28.4. The van der Waals surface area contributed by atoms with Crippen LogP contribution in [0.3, 0.4) is 0 Å². The van der Waals surface area contributed by atoms with Gasteiger partial charge in [-0.3, -0.25) is 9.59 Å². The van der Waals surface area contributed by atoms with E-state index >= 15 is 0 Å². The number of anilines is 1. The van der Waals surface area contributed by atoms with Gasteiger partial charge in [0.2, 0.25) is 10.0 Å². The van der Waals surface area contributed by atoms with Crippen LogP contribution in [0.25, 0.3) is 0 Å². The number of carbonyl (C=O) groups is 2. The maximum Gasteiger partial charge on any atom is 0.262 e. The zero-order valence-electron chi connectivity index (χ0n) is 21.7. The summed E-state index contributed by atoms with van der Waals surface area (Å²) >= 11 is 0. The van der Waals surface area contributed by atoms with Crippen molar-refractivity contribution >= 4 is 33.7 Å². The number of hydrazone groups is 1. The van der Waals surface area contributed by atoms with E-state index in [0.717, 1.165) is 9.87 Å². The second-order valence-corrected chi connectivity index (χ2v) is 10.7. The Labute approximate surface area is 232 Å². The van der Waals surface area contributed by atoms with E-state index in [1.54, 1.807) is 54.6 Å². The summed E-state index contributed by atoms with van der Waals surface area (Å²) in [5, 5.41) is 6.69. The summed E-state index contributed by atoms with van der Waals surface area (Å²) in [5.74, 6) is -0.0277. The Morgan fingerprint density at radius 3 is 2.33 bits per heavy atom. The molecule has 11 heteroatoms. The van der Waals surface area contributed by atoms with Crippen LogP contribution in [0.5, 0.6) is 5.75 Å². The first-order chi connectivity index (χ1) is 19.3. The van der Waals surface area contributed by atoms with Gasteiger partial charge < -0.3 is 14.5 Å². The van der Waals surface area contributed by atoms with Gasteiger partial charge in [-0.05, 0) is 73.2 Å². The van der Waals surface area contributed by atoms with E-state index in [4.69, 9.17) is 9.15 Å². The molecule has 0 bridgehead atoms. The maximum absolute atomic E-state index is 13.1. The Balaban J connectivity index is 1.29. The lowest BCUT2D eigenvalue weighted by Crippen LogP contribution is -2.38. The Bertz CT molecular complexity index is 1540. The molecule has 0 fully saturated rings. The van der Waals surface area contributed by atoms with Gasteiger partial charge in [0.15, 0.2) is 6.61 Å². The molecule has 0 aliphatic carbocycles. The molecule has 0 saturated heterocycles. The highest BCUT2D eigenvalue weighted by Crippen LogP contribution is 2.18. The minimum atomic E-state index is -3.97. The van der Waals surface area contributed by atoms with Gasteiger partial charge in [-0.1, -0.05) is 35.9 Å². The molecule has 0 radical (unpaired) electrons. The molecule has 1 aromatic heterocycles. The van der Waals surface area contributed by atoms with Crippen molar-refractivity contribution in [2.24, 2.45) is 5.10 Å². The predicted octanol–water partition coefficient (Wildman–Crippen LogP) is 3.95. The molecule has 0 aliphatic rings. The fourth-order valence-electron chi connectivity index (χ4n) is 3.55. The van der Waals surface area contributed by atoms with Gasteiger partial charge in [0.25, 0.3) is 11.8 Å². The first-order valence-electron chi connectivity index (χ1n) is 12.3. The normalized spacial score (nSPS) is 11.4. The third kappa shape index (κ3) is 8.13. The minimum Gasteiger partial charge on any atom is -0.484 e. The van der Waals surface area contributed by atoms with E-state index in [9.17, 15) is 18.0 Å². The lowest BCUT2D eigenvalue weighted by atomic mass is 10.2. The molecule has 0 unspecified atom stereocenters. The molecule has 3 aromatic carbocycles. The van der Waals surface area contributed by atoms with Gasteiger partial charge >= 0.3 is 0 Å². The number of aryl methyl sites for hydroxylation is 1. The van der Waals surface area contributed by atoms with Crippen molar-refractivity contribution in [2.75, 3.05) is 18.5 Å².